The molecule has 1 fully saturated rings. The van der Waals surface area contributed by atoms with Gasteiger partial charge in [-0.05, 0) is 25.0 Å². The molecule has 4 nitrogen and oxygen atoms in total. The molecule has 1 aromatic rings. The first-order valence-corrected chi connectivity index (χ1v) is 5.44. The van der Waals surface area contributed by atoms with Crippen LogP contribution in [0.5, 0.6) is 0 Å². The van der Waals surface area contributed by atoms with Gasteiger partial charge in [-0.25, -0.2) is 9.18 Å². The van der Waals surface area contributed by atoms with E-state index in [1.807, 2.05) is 0 Å². The van der Waals surface area contributed by atoms with Crippen LogP contribution in [0.4, 0.5) is 10.1 Å². The van der Waals surface area contributed by atoms with Crippen LogP contribution >= 0.6 is 0 Å². The van der Waals surface area contributed by atoms with Gasteiger partial charge in [0.05, 0.1) is 12.3 Å². The van der Waals surface area contributed by atoms with Crippen LogP contribution in [0.15, 0.2) is 18.2 Å². The summed E-state index contributed by atoms with van der Waals surface area (Å²) in [4.78, 5) is 10.9. The summed E-state index contributed by atoms with van der Waals surface area (Å²) in [5.41, 5.74) is -0.235. The quantitative estimate of drug-likeness (QED) is 0.731. The lowest BCUT2D eigenvalue weighted by atomic mass is 10.1. The highest BCUT2D eigenvalue weighted by Gasteiger charge is 2.41. The van der Waals surface area contributed by atoms with Crippen molar-refractivity contribution in [1.29, 1.82) is 0 Å². The second-order valence-electron chi connectivity index (χ2n) is 4.48. The Morgan fingerprint density at radius 1 is 1.47 bits per heavy atom. The Morgan fingerprint density at radius 2 is 2.18 bits per heavy atom. The average Bonchev–Trinajstić information content (AvgIpc) is 3.06. The monoisotopic (exact) mass is 239 g/mol. The van der Waals surface area contributed by atoms with Crippen LogP contribution in [0.3, 0.4) is 0 Å². The van der Waals surface area contributed by atoms with Gasteiger partial charge in [-0.3, -0.25) is 0 Å². The SMILES string of the molecule is O=C(O)c1c(F)cccc1NCC1(CO)CC1. The number of aliphatic hydroxyl groups excluding tert-OH is 1. The number of hydrogen-bond acceptors (Lipinski definition) is 3. The average molecular weight is 239 g/mol. The van der Waals surface area contributed by atoms with Crippen LogP contribution in [0, 0.1) is 11.2 Å². The molecule has 1 aliphatic carbocycles. The fourth-order valence-corrected chi connectivity index (χ4v) is 1.74. The summed E-state index contributed by atoms with van der Waals surface area (Å²) in [7, 11) is 0. The fraction of sp³-hybridized carbons (Fsp3) is 0.417. The number of carbonyl (C=O) groups is 1. The summed E-state index contributed by atoms with van der Waals surface area (Å²) in [5, 5.41) is 21.0. The van der Waals surface area contributed by atoms with Gasteiger partial charge in [-0.1, -0.05) is 6.07 Å². The van der Waals surface area contributed by atoms with E-state index in [4.69, 9.17) is 10.2 Å². The molecule has 1 aliphatic rings. The van der Waals surface area contributed by atoms with Gasteiger partial charge < -0.3 is 15.5 Å². The van der Waals surface area contributed by atoms with Gasteiger partial charge in [0.25, 0.3) is 0 Å². The Labute approximate surface area is 98.1 Å². The molecule has 5 heteroatoms. The number of nitrogens with one attached hydrogen (secondary N) is 1. The zero-order chi connectivity index (χ0) is 12.5. The lowest BCUT2D eigenvalue weighted by Crippen LogP contribution is -2.20. The van der Waals surface area contributed by atoms with Crippen molar-refractivity contribution < 1.29 is 19.4 Å². The Bertz CT molecular complexity index is 443. The van der Waals surface area contributed by atoms with E-state index in [-0.39, 0.29) is 23.3 Å². The smallest absolute Gasteiger partial charge is 0.340 e. The first-order valence-electron chi connectivity index (χ1n) is 5.44. The lowest BCUT2D eigenvalue weighted by molar-refractivity contribution is 0.0693. The molecule has 0 unspecified atom stereocenters. The number of halogens is 1. The maximum Gasteiger partial charge on any atom is 0.340 e. The molecule has 0 amide bonds. The molecule has 0 aromatic heterocycles. The van der Waals surface area contributed by atoms with Gasteiger partial charge in [-0.15, -0.1) is 0 Å². The minimum atomic E-state index is -1.29. The fourth-order valence-electron chi connectivity index (χ4n) is 1.74. The standard InChI is InChI=1S/C12H14FNO3/c13-8-2-1-3-9(10(8)11(16)17)14-6-12(7-15)4-5-12/h1-3,14-15H,4-7H2,(H,16,17). The molecule has 0 heterocycles. The Kier molecular flexibility index (Phi) is 3.02. The van der Waals surface area contributed by atoms with Crippen molar-refractivity contribution in [2.75, 3.05) is 18.5 Å². The van der Waals surface area contributed by atoms with Gasteiger partial charge in [0, 0.05) is 12.0 Å². The van der Waals surface area contributed by atoms with Crippen LogP contribution in [0.2, 0.25) is 0 Å². The topological polar surface area (TPSA) is 69.6 Å². The molecular weight excluding hydrogens is 225 g/mol. The van der Waals surface area contributed by atoms with E-state index in [2.05, 4.69) is 5.32 Å². The summed E-state index contributed by atoms with van der Waals surface area (Å²) < 4.78 is 13.3. The van der Waals surface area contributed by atoms with Crippen LogP contribution < -0.4 is 5.32 Å². The predicted octanol–water partition coefficient (Wildman–Crippen LogP) is 1.71. The molecule has 3 N–H and O–H groups in total. The third-order valence-corrected chi connectivity index (χ3v) is 3.17. The minimum absolute atomic E-state index is 0.0672. The highest BCUT2D eigenvalue weighted by atomic mass is 19.1. The highest BCUT2D eigenvalue weighted by molar-refractivity contribution is 5.94. The van der Waals surface area contributed by atoms with Crippen molar-refractivity contribution in [2.45, 2.75) is 12.8 Å². The van der Waals surface area contributed by atoms with Crippen LogP contribution in [-0.2, 0) is 0 Å². The molecule has 0 aliphatic heterocycles. The van der Waals surface area contributed by atoms with Gasteiger partial charge in [-0.2, -0.15) is 0 Å². The summed E-state index contributed by atoms with van der Waals surface area (Å²) in [6.07, 6.45) is 1.82. The van der Waals surface area contributed by atoms with E-state index in [0.29, 0.717) is 6.54 Å². The number of aliphatic hydroxyl groups is 1. The van der Waals surface area contributed by atoms with Crippen molar-refractivity contribution in [3.8, 4) is 0 Å². The van der Waals surface area contributed by atoms with Crippen LogP contribution in [0.1, 0.15) is 23.2 Å². The molecule has 92 valence electrons. The number of anilines is 1. The number of benzene rings is 1. The van der Waals surface area contributed by atoms with E-state index >= 15 is 0 Å². The molecule has 0 spiro atoms. The molecule has 0 atom stereocenters. The van der Waals surface area contributed by atoms with E-state index in [9.17, 15) is 9.18 Å². The molecule has 1 aromatic carbocycles. The van der Waals surface area contributed by atoms with Crippen LogP contribution in [0.25, 0.3) is 0 Å². The Hall–Kier alpha value is -1.62. The van der Waals surface area contributed by atoms with Gasteiger partial charge >= 0.3 is 5.97 Å². The van der Waals surface area contributed by atoms with E-state index in [1.54, 1.807) is 0 Å². The van der Waals surface area contributed by atoms with E-state index in [0.717, 1.165) is 18.9 Å². The Balaban J connectivity index is 2.15. The second kappa shape index (κ2) is 4.33. The number of rotatable bonds is 5. The maximum absolute atomic E-state index is 13.3. The first-order chi connectivity index (χ1) is 8.08. The predicted molar refractivity (Wildman–Crippen MR) is 60.6 cm³/mol. The molecule has 0 radical (unpaired) electrons. The van der Waals surface area contributed by atoms with Crippen molar-refractivity contribution in [2.24, 2.45) is 5.41 Å². The third kappa shape index (κ3) is 2.39. The summed E-state index contributed by atoms with van der Waals surface area (Å²) >= 11 is 0. The number of hydrogen-bond donors (Lipinski definition) is 3. The first kappa shape index (κ1) is 11.9. The zero-order valence-electron chi connectivity index (χ0n) is 9.24. The third-order valence-electron chi connectivity index (χ3n) is 3.17. The number of carboxylic acid groups (broad SMARTS) is 1. The molecular formula is C12H14FNO3. The van der Waals surface area contributed by atoms with Crippen LogP contribution in [-0.4, -0.2) is 29.3 Å². The van der Waals surface area contributed by atoms with Crippen molar-refractivity contribution >= 4 is 11.7 Å². The number of aromatic carboxylic acids is 1. The second-order valence-corrected chi connectivity index (χ2v) is 4.48. The van der Waals surface area contributed by atoms with Gasteiger partial charge in [0.1, 0.15) is 11.4 Å². The van der Waals surface area contributed by atoms with E-state index in [1.165, 1.54) is 12.1 Å². The molecule has 17 heavy (non-hydrogen) atoms. The highest BCUT2D eigenvalue weighted by Crippen LogP contribution is 2.45. The summed E-state index contributed by atoms with van der Waals surface area (Å²) in [6.45, 7) is 0.533. The minimum Gasteiger partial charge on any atom is -0.478 e. The van der Waals surface area contributed by atoms with Gasteiger partial charge in [0.15, 0.2) is 0 Å². The van der Waals surface area contributed by atoms with Crippen molar-refractivity contribution in [3.63, 3.8) is 0 Å². The van der Waals surface area contributed by atoms with E-state index < -0.39 is 11.8 Å². The zero-order valence-corrected chi connectivity index (χ0v) is 9.24. The van der Waals surface area contributed by atoms with Crippen molar-refractivity contribution in [3.05, 3.63) is 29.6 Å². The maximum atomic E-state index is 13.3. The van der Waals surface area contributed by atoms with Gasteiger partial charge in [0.2, 0.25) is 0 Å². The lowest BCUT2D eigenvalue weighted by Gasteiger charge is -2.15. The largest absolute Gasteiger partial charge is 0.478 e. The summed E-state index contributed by atoms with van der Waals surface area (Å²) in [5.74, 6) is -2.05. The normalized spacial score (nSPS) is 16.6. The molecule has 2 rings (SSSR count). The molecule has 0 bridgehead atoms. The van der Waals surface area contributed by atoms with Crippen molar-refractivity contribution in [1.82, 2.24) is 0 Å². The molecule has 1 saturated carbocycles. The molecule has 0 saturated heterocycles. The Morgan fingerprint density at radius 3 is 2.71 bits per heavy atom. The number of carboxylic acids is 1. The summed E-state index contributed by atoms with van der Waals surface area (Å²) in [6, 6.07) is 4.11.